The zero-order valence-electron chi connectivity index (χ0n) is 7.74. The van der Waals surface area contributed by atoms with E-state index in [0.29, 0.717) is 5.92 Å². The third-order valence-electron chi connectivity index (χ3n) is 2.45. The summed E-state index contributed by atoms with van der Waals surface area (Å²) in [5.74, 6) is 0.639. The minimum absolute atomic E-state index is 0.0592. The van der Waals surface area contributed by atoms with E-state index in [1.54, 1.807) is 6.20 Å². The lowest BCUT2D eigenvalue weighted by molar-refractivity contribution is 0.0430. The molecule has 1 aliphatic rings. The highest BCUT2D eigenvalue weighted by molar-refractivity contribution is 7.15. The molecule has 0 aliphatic heterocycles. The van der Waals surface area contributed by atoms with Crippen LogP contribution in [-0.4, -0.2) is 22.7 Å². The maximum atomic E-state index is 9.08. The molecule has 0 saturated heterocycles. The van der Waals surface area contributed by atoms with E-state index in [0.717, 1.165) is 35.3 Å². The van der Waals surface area contributed by atoms with Crippen molar-refractivity contribution in [2.75, 3.05) is 6.54 Å². The molecule has 78 valence electrons. The van der Waals surface area contributed by atoms with Gasteiger partial charge < -0.3 is 10.4 Å². The first-order chi connectivity index (χ1) is 6.74. The first-order valence-corrected chi connectivity index (χ1v) is 5.92. The second-order valence-corrected chi connectivity index (χ2v) is 5.43. The minimum atomic E-state index is -0.0592. The van der Waals surface area contributed by atoms with Crippen molar-refractivity contribution < 1.29 is 5.11 Å². The summed E-state index contributed by atoms with van der Waals surface area (Å²) in [5.41, 5.74) is 0. The molecule has 0 radical (unpaired) electrons. The van der Waals surface area contributed by atoms with Gasteiger partial charge in [-0.2, -0.15) is 0 Å². The molecule has 0 aromatic carbocycles. The first-order valence-electron chi connectivity index (χ1n) is 4.73. The monoisotopic (exact) mass is 232 g/mol. The fourth-order valence-electron chi connectivity index (χ4n) is 1.62. The SMILES string of the molecule is OC1CC(CNCc2ncc(Cl)s2)C1. The van der Waals surface area contributed by atoms with Crippen LogP contribution in [0.1, 0.15) is 17.8 Å². The molecule has 0 unspecified atom stereocenters. The van der Waals surface area contributed by atoms with E-state index in [-0.39, 0.29) is 6.10 Å². The normalized spacial score (nSPS) is 26.1. The molecule has 2 N–H and O–H groups in total. The lowest BCUT2D eigenvalue weighted by atomic mass is 9.82. The van der Waals surface area contributed by atoms with Crippen LogP contribution in [0.25, 0.3) is 0 Å². The molecule has 0 spiro atoms. The largest absolute Gasteiger partial charge is 0.393 e. The Bertz CT molecular complexity index is 299. The van der Waals surface area contributed by atoms with Crippen LogP contribution in [0.15, 0.2) is 6.20 Å². The molecule has 3 nitrogen and oxygen atoms in total. The number of aliphatic hydroxyl groups excluding tert-OH is 1. The number of rotatable bonds is 4. The summed E-state index contributed by atoms with van der Waals surface area (Å²) >= 11 is 7.26. The number of nitrogens with zero attached hydrogens (tertiary/aromatic N) is 1. The molecule has 0 bridgehead atoms. The Hall–Kier alpha value is -0.160. The number of aliphatic hydroxyl groups is 1. The molecule has 1 aliphatic carbocycles. The fraction of sp³-hybridized carbons (Fsp3) is 0.667. The van der Waals surface area contributed by atoms with Crippen molar-refractivity contribution >= 4 is 22.9 Å². The van der Waals surface area contributed by atoms with Gasteiger partial charge in [0.25, 0.3) is 0 Å². The second-order valence-electron chi connectivity index (χ2n) is 3.68. The van der Waals surface area contributed by atoms with Gasteiger partial charge in [-0.25, -0.2) is 4.98 Å². The molecule has 5 heteroatoms. The highest BCUT2D eigenvalue weighted by atomic mass is 35.5. The van der Waals surface area contributed by atoms with Crippen molar-refractivity contribution in [2.45, 2.75) is 25.5 Å². The number of hydrogen-bond donors (Lipinski definition) is 2. The zero-order chi connectivity index (χ0) is 9.97. The molecule has 1 fully saturated rings. The van der Waals surface area contributed by atoms with E-state index in [9.17, 15) is 0 Å². The predicted molar refractivity (Wildman–Crippen MR) is 57.6 cm³/mol. The van der Waals surface area contributed by atoms with Crippen LogP contribution in [0.3, 0.4) is 0 Å². The van der Waals surface area contributed by atoms with Crippen LogP contribution >= 0.6 is 22.9 Å². The lowest BCUT2D eigenvalue weighted by Crippen LogP contribution is -2.35. The molecule has 1 saturated carbocycles. The summed E-state index contributed by atoms with van der Waals surface area (Å²) in [4.78, 5) is 4.15. The van der Waals surface area contributed by atoms with Crippen molar-refractivity contribution in [2.24, 2.45) is 5.92 Å². The summed E-state index contributed by atoms with van der Waals surface area (Å²) in [6.45, 7) is 1.75. The molecule has 0 amide bonds. The number of thiazole rings is 1. The van der Waals surface area contributed by atoms with E-state index in [1.165, 1.54) is 11.3 Å². The van der Waals surface area contributed by atoms with Gasteiger partial charge in [-0.15, -0.1) is 11.3 Å². The first kappa shape index (κ1) is 10.4. The van der Waals surface area contributed by atoms with E-state index < -0.39 is 0 Å². The van der Waals surface area contributed by atoms with E-state index in [4.69, 9.17) is 16.7 Å². The van der Waals surface area contributed by atoms with E-state index >= 15 is 0 Å². The molecule has 1 heterocycles. The summed E-state index contributed by atoms with van der Waals surface area (Å²) in [7, 11) is 0. The van der Waals surface area contributed by atoms with Crippen LogP contribution in [-0.2, 0) is 6.54 Å². The average Bonchev–Trinajstić information content (AvgIpc) is 2.48. The highest BCUT2D eigenvalue weighted by Gasteiger charge is 2.26. The van der Waals surface area contributed by atoms with Gasteiger partial charge in [0.1, 0.15) is 9.34 Å². The van der Waals surface area contributed by atoms with Crippen LogP contribution in [0, 0.1) is 5.92 Å². The molecule has 1 aromatic heterocycles. The average molecular weight is 233 g/mol. The Morgan fingerprint density at radius 1 is 1.64 bits per heavy atom. The van der Waals surface area contributed by atoms with Crippen LogP contribution in [0.5, 0.6) is 0 Å². The Labute approximate surface area is 92.1 Å². The summed E-state index contributed by atoms with van der Waals surface area (Å²) in [5, 5.41) is 13.4. The predicted octanol–water partition coefficient (Wildman–Crippen LogP) is 1.66. The minimum Gasteiger partial charge on any atom is -0.393 e. The van der Waals surface area contributed by atoms with E-state index in [1.807, 2.05) is 0 Å². The third-order valence-corrected chi connectivity index (χ3v) is 3.56. The summed E-state index contributed by atoms with van der Waals surface area (Å²) in [6.07, 6.45) is 3.49. The standard InChI is InChI=1S/C9H13ClN2OS/c10-8-4-12-9(14-8)5-11-3-6-1-7(13)2-6/h4,6-7,11,13H,1-3,5H2. The van der Waals surface area contributed by atoms with Gasteiger partial charge in [0.2, 0.25) is 0 Å². The topological polar surface area (TPSA) is 45.1 Å². The molecular formula is C9H13ClN2OS. The van der Waals surface area contributed by atoms with Crippen molar-refractivity contribution in [1.29, 1.82) is 0 Å². The number of halogens is 1. The van der Waals surface area contributed by atoms with Gasteiger partial charge in [-0.3, -0.25) is 0 Å². The Morgan fingerprint density at radius 2 is 2.43 bits per heavy atom. The molecule has 0 atom stereocenters. The lowest BCUT2D eigenvalue weighted by Gasteiger charge is -2.31. The second kappa shape index (κ2) is 4.57. The van der Waals surface area contributed by atoms with Crippen LogP contribution < -0.4 is 5.32 Å². The smallest absolute Gasteiger partial charge is 0.113 e. The van der Waals surface area contributed by atoms with Gasteiger partial charge in [0.15, 0.2) is 0 Å². The Morgan fingerprint density at radius 3 is 3.00 bits per heavy atom. The van der Waals surface area contributed by atoms with Gasteiger partial charge in [-0.1, -0.05) is 11.6 Å². The van der Waals surface area contributed by atoms with Gasteiger partial charge in [-0.05, 0) is 25.3 Å². The molecule has 2 rings (SSSR count). The molecular weight excluding hydrogens is 220 g/mol. The van der Waals surface area contributed by atoms with Crippen molar-refractivity contribution in [3.8, 4) is 0 Å². The number of aromatic nitrogens is 1. The van der Waals surface area contributed by atoms with Crippen LogP contribution in [0.4, 0.5) is 0 Å². The summed E-state index contributed by atoms with van der Waals surface area (Å²) < 4.78 is 0.737. The Kier molecular flexibility index (Phi) is 3.38. The van der Waals surface area contributed by atoms with Crippen molar-refractivity contribution in [3.05, 3.63) is 15.5 Å². The molecule has 1 aromatic rings. The Balaban J connectivity index is 1.63. The number of nitrogens with one attached hydrogen (secondary N) is 1. The fourth-order valence-corrected chi connectivity index (χ4v) is 2.55. The van der Waals surface area contributed by atoms with Gasteiger partial charge >= 0.3 is 0 Å². The highest BCUT2D eigenvalue weighted by Crippen LogP contribution is 2.26. The van der Waals surface area contributed by atoms with Gasteiger partial charge in [0.05, 0.1) is 12.3 Å². The quantitative estimate of drug-likeness (QED) is 0.830. The summed E-state index contributed by atoms with van der Waals surface area (Å²) in [6, 6.07) is 0. The third kappa shape index (κ3) is 2.67. The number of hydrogen-bond acceptors (Lipinski definition) is 4. The van der Waals surface area contributed by atoms with E-state index in [2.05, 4.69) is 10.3 Å². The van der Waals surface area contributed by atoms with Crippen LogP contribution in [0.2, 0.25) is 4.34 Å². The van der Waals surface area contributed by atoms with Crippen molar-refractivity contribution in [1.82, 2.24) is 10.3 Å². The van der Waals surface area contributed by atoms with Gasteiger partial charge in [0, 0.05) is 6.54 Å². The van der Waals surface area contributed by atoms with Crippen molar-refractivity contribution in [3.63, 3.8) is 0 Å². The maximum Gasteiger partial charge on any atom is 0.113 e. The molecule has 14 heavy (non-hydrogen) atoms. The zero-order valence-corrected chi connectivity index (χ0v) is 9.31. The maximum absolute atomic E-state index is 9.08.